The number of carbonyl (C=O) groups excluding carboxylic acids is 1. The minimum Gasteiger partial charge on any atom is -0.334 e. The fraction of sp³-hybridized carbons (Fsp3) is 0.462. The van der Waals surface area contributed by atoms with Crippen LogP contribution < -0.4 is 5.73 Å². The quantitative estimate of drug-likeness (QED) is 0.914. The van der Waals surface area contributed by atoms with E-state index >= 15 is 0 Å². The van der Waals surface area contributed by atoms with Crippen molar-refractivity contribution >= 4 is 5.91 Å². The predicted molar refractivity (Wildman–Crippen MR) is 64.6 cm³/mol. The van der Waals surface area contributed by atoms with Crippen LogP contribution in [0.4, 0.5) is 13.2 Å². The van der Waals surface area contributed by atoms with Gasteiger partial charge in [0, 0.05) is 19.1 Å². The van der Waals surface area contributed by atoms with Crippen molar-refractivity contribution in [3.8, 4) is 0 Å². The van der Waals surface area contributed by atoms with Crippen LogP contribution in [-0.2, 0) is 6.18 Å². The molecule has 104 valence electrons. The highest BCUT2D eigenvalue weighted by Crippen LogP contribution is 2.34. The molecule has 0 saturated heterocycles. The number of hydrogen-bond donors (Lipinski definition) is 1. The molecule has 0 aliphatic heterocycles. The molecule has 6 heteroatoms. The Labute approximate surface area is 109 Å². The molecule has 0 aromatic heterocycles. The maximum atomic E-state index is 12.9. The molecule has 1 aliphatic carbocycles. The number of amides is 1. The molecule has 2 N–H and O–H groups in total. The first kappa shape index (κ1) is 13.9. The maximum Gasteiger partial charge on any atom is 0.417 e. The van der Waals surface area contributed by atoms with Crippen molar-refractivity contribution in [1.29, 1.82) is 0 Å². The Morgan fingerprint density at radius 1 is 1.32 bits per heavy atom. The van der Waals surface area contributed by atoms with Gasteiger partial charge in [0.05, 0.1) is 11.1 Å². The number of nitrogens with zero attached hydrogens (tertiary/aromatic N) is 1. The molecule has 0 unspecified atom stereocenters. The van der Waals surface area contributed by atoms with E-state index in [1.165, 1.54) is 23.1 Å². The minimum atomic E-state index is -4.52. The van der Waals surface area contributed by atoms with Gasteiger partial charge in [-0.3, -0.25) is 4.79 Å². The van der Waals surface area contributed by atoms with E-state index in [0.29, 0.717) is 0 Å². The number of carbonyl (C=O) groups is 1. The van der Waals surface area contributed by atoms with Gasteiger partial charge < -0.3 is 10.6 Å². The molecular formula is C13H15F3N2O. The summed E-state index contributed by atoms with van der Waals surface area (Å²) in [6.45, 7) is 0.534. The molecule has 1 aliphatic rings. The lowest BCUT2D eigenvalue weighted by Gasteiger charge is -2.23. The van der Waals surface area contributed by atoms with Gasteiger partial charge in [0.15, 0.2) is 0 Å². The standard InChI is InChI=1S/C13H15F3N2O/c14-13(15,16)11-4-2-1-3-10(11)12(19)18(8-7-17)9-5-6-9/h1-4,9H,5-8,17H2. The van der Waals surface area contributed by atoms with E-state index in [1.807, 2.05) is 0 Å². The summed E-state index contributed by atoms with van der Waals surface area (Å²) >= 11 is 0. The largest absolute Gasteiger partial charge is 0.417 e. The highest BCUT2D eigenvalue weighted by molar-refractivity contribution is 5.96. The van der Waals surface area contributed by atoms with Crippen LogP contribution in [0.1, 0.15) is 28.8 Å². The van der Waals surface area contributed by atoms with Gasteiger partial charge in [-0.1, -0.05) is 12.1 Å². The minimum absolute atomic E-state index is 0.0392. The molecule has 19 heavy (non-hydrogen) atoms. The molecule has 1 aromatic rings. The molecule has 0 spiro atoms. The van der Waals surface area contributed by atoms with Crippen molar-refractivity contribution < 1.29 is 18.0 Å². The topological polar surface area (TPSA) is 46.3 Å². The first-order valence-electron chi connectivity index (χ1n) is 6.12. The summed E-state index contributed by atoms with van der Waals surface area (Å²) in [5, 5.41) is 0. The van der Waals surface area contributed by atoms with Crippen LogP contribution in [0.5, 0.6) is 0 Å². The lowest BCUT2D eigenvalue weighted by Crippen LogP contribution is -2.38. The SMILES string of the molecule is NCCN(C(=O)c1ccccc1C(F)(F)F)C1CC1. The molecule has 1 saturated carbocycles. The van der Waals surface area contributed by atoms with E-state index in [0.717, 1.165) is 18.9 Å². The van der Waals surface area contributed by atoms with Crippen LogP contribution >= 0.6 is 0 Å². The summed E-state index contributed by atoms with van der Waals surface area (Å²) < 4.78 is 38.6. The van der Waals surface area contributed by atoms with Crippen molar-refractivity contribution in [3.63, 3.8) is 0 Å². The average Bonchev–Trinajstić information content (AvgIpc) is 3.18. The van der Waals surface area contributed by atoms with Gasteiger partial charge in [0.1, 0.15) is 0 Å². The average molecular weight is 272 g/mol. The van der Waals surface area contributed by atoms with Gasteiger partial charge in [0.2, 0.25) is 0 Å². The van der Waals surface area contributed by atoms with Crippen molar-refractivity contribution in [3.05, 3.63) is 35.4 Å². The number of alkyl halides is 3. The van der Waals surface area contributed by atoms with Gasteiger partial charge in [0.25, 0.3) is 5.91 Å². The monoisotopic (exact) mass is 272 g/mol. The smallest absolute Gasteiger partial charge is 0.334 e. The van der Waals surface area contributed by atoms with Crippen molar-refractivity contribution in [2.45, 2.75) is 25.1 Å². The Morgan fingerprint density at radius 3 is 2.47 bits per heavy atom. The molecule has 1 fully saturated rings. The van der Waals surface area contributed by atoms with Crippen LogP contribution in [0.2, 0.25) is 0 Å². The van der Waals surface area contributed by atoms with E-state index in [9.17, 15) is 18.0 Å². The molecule has 1 amide bonds. The second-order valence-electron chi connectivity index (χ2n) is 4.56. The van der Waals surface area contributed by atoms with Crippen LogP contribution in [0, 0.1) is 0 Å². The van der Waals surface area contributed by atoms with Gasteiger partial charge in [-0.2, -0.15) is 13.2 Å². The summed E-state index contributed by atoms with van der Waals surface area (Å²) in [4.78, 5) is 13.7. The molecule has 3 nitrogen and oxygen atoms in total. The summed E-state index contributed by atoms with van der Waals surface area (Å²) in [5.41, 5.74) is 4.24. The zero-order chi connectivity index (χ0) is 14.0. The highest BCUT2D eigenvalue weighted by atomic mass is 19.4. The third-order valence-corrected chi connectivity index (χ3v) is 3.08. The Kier molecular flexibility index (Phi) is 3.80. The second-order valence-corrected chi connectivity index (χ2v) is 4.56. The molecule has 0 bridgehead atoms. The summed E-state index contributed by atoms with van der Waals surface area (Å²) in [7, 11) is 0. The van der Waals surface area contributed by atoms with Crippen molar-refractivity contribution in [1.82, 2.24) is 4.90 Å². The Hall–Kier alpha value is -1.56. The molecule has 1 aromatic carbocycles. The number of hydrogen-bond acceptors (Lipinski definition) is 2. The zero-order valence-corrected chi connectivity index (χ0v) is 10.3. The molecule has 0 heterocycles. The molecular weight excluding hydrogens is 257 g/mol. The Bertz CT molecular complexity index is 469. The lowest BCUT2D eigenvalue weighted by atomic mass is 10.1. The zero-order valence-electron chi connectivity index (χ0n) is 10.3. The highest BCUT2D eigenvalue weighted by Gasteiger charge is 2.38. The van der Waals surface area contributed by atoms with Crippen molar-refractivity contribution in [2.75, 3.05) is 13.1 Å². The van der Waals surface area contributed by atoms with Crippen molar-refractivity contribution in [2.24, 2.45) is 5.73 Å². The lowest BCUT2D eigenvalue weighted by molar-refractivity contribution is -0.138. The Morgan fingerprint density at radius 2 is 1.95 bits per heavy atom. The van der Waals surface area contributed by atoms with E-state index in [4.69, 9.17) is 5.73 Å². The van der Waals surface area contributed by atoms with Gasteiger partial charge in [-0.25, -0.2) is 0 Å². The number of nitrogens with two attached hydrogens (primary N) is 1. The number of benzene rings is 1. The van der Waals surface area contributed by atoms with Crippen LogP contribution in [-0.4, -0.2) is 29.9 Å². The van der Waals surface area contributed by atoms with E-state index in [-0.39, 0.29) is 24.7 Å². The Balaban J connectivity index is 2.32. The summed E-state index contributed by atoms with van der Waals surface area (Å²) in [6.07, 6.45) is -2.86. The summed E-state index contributed by atoms with van der Waals surface area (Å²) in [6, 6.07) is 4.91. The van der Waals surface area contributed by atoms with Crippen LogP contribution in [0.15, 0.2) is 24.3 Å². The fourth-order valence-electron chi connectivity index (χ4n) is 2.05. The summed E-state index contributed by atoms with van der Waals surface area (Å²) in [5.74, 6) is -0.583. The van der Waals surface area contributed by atoms with E-state index in [2.05, 4.69) is 0 Å². The fourth-order valence-corrected chi connectivity index (χ4v) is 2.05. The molecule has 2 rings (SSSR count). The normalized spacial score (nSPS) is 15.4. The van der Waals surface area contributed by atoms with Gasteiger partial charge >= 0.3 is 6.18 Å². The molecule has 0 radical (unpaired) electrons. The third kappa shape index (κ3) is 3.07. The van der Waals surface area contributed by atoms with Crippen LogP contribution in [0.3, 0.4) is 0 Å². The van der Waals surface area contributed by atoms with Gasteiger partial charge in [-0.05, 0) is 25.0 Å². The third-order valence-electron chi connectivity index (χ3n) is 3.08. The maximum absolute atomic E-state index is 12.9. The first-order chi connectivity index (χ1) is 8.95. The first-order valence-corrected chi connectivity index (χ1v) is 6.12. The number of halogens is 3. The second kappa shape index (κ2) is 5.21. The number of rotatable bonds is 4. The molecule has 0 atom stereocenters. The van der Waals surface area contributed by atoms with E-state index < -0.39 is 17.6 Å². The predicted octanol–water partition coefficient (Wildman–Crippen LogP) is 2.27. The van der Waals surface area contributed by atoms with Gasteiger partial charge in [-0.15, -0.1) is 0 Å². The van der Waals surface area contributed by atoms with Crippen LogP contribution in [0.25, 0.3) is 0 Å². The van der Waals surface area contributed by atoms with E-state index in [1.54, 1.807) is 0 Å².